The molecule has 0 spiro atoms. The molecule has 7 nitrogen and oxygen atoms in total. The van der Waals surface area contributed by atoms with Gasteiger partial charge in [0.25, 0.3) is 0 Å². The molecule has 0 aliphatic rings. The van der Waals surface area contributed by atoms with Crippen LogP contribution in [0.25, 0.3) is 0 Å². The van der Waals surface area contributed by atoms with E-state index in [4.69, 9.17) is 11.5 Å². The van der Waals surface area contributed by atoms with Gasteiger partial charge in [0.05, 0.1) is 5.69 Å². The molecular weight excluding hydrogens is 270 g/mol. The van der Waals surface area contributed by atoms with Crippen LogP contribution in [0.4, 0.5) is 10.5 Å². The molecule has 0 atom stereocenters. The summed E-state index contributed by atoms with van der Waals surface area (Å²) in [5, 5.41) is 0. The van der Waals surface area contributed by atoms with Gasteiger partial charge in [-0.2, -0.15) is 0 Å². The Balaban J connectivity index is 2.83. The molecule has 0 radical (unpaired) electrons. The fourth-order valence-electron chi connectivity index (χ4n) is 1.45. The van der Waals surface area contributed by atoms with Crippen LogP contribution < -0.4 is 16.2 Å². The number of sulfonamides is 1. The zero-order valence-corrected chi connectivity index (χ0v) is 11.6. The first-order chi connectivity index (χ1) is 8.74. The van der Waals surface area contributed by atoms with E-state index in [0.717, 1.165) is 11.1 Å². The smallest absolute Gasteiger partial charge is 0.404 e. The predicted octanol–water partition coefficient (Wildman–Crippen LogP) is 0.259. The van der Waals surface area contributed by atoms with Gasteiger partial charge in [0.2, 0.25) is 10.0 Å². The Morgan fingerprint density at radius 3 is 2.47 bits per heavy atom. The number of benzene rings is 1. The molecule has 0 heterocycles. The van der Waals surface area contributed by atoms with Crippen LogP contribution in [-0.4, -0.2) is 27.7 Å². The molecule has 5 N–H and O–H groups in total. The van der Waals surface area contributed by atoms with Crippen molar-refractivity contribution in [2.45, 2.75) is 18.7 Å². The van der Waals surface area contributed by atoms with Gasteiger partial charge in [-0.1, -0.05) is 0 Å². The van der Waals surface area contributed by atoms with E-state index in [1.165, 1.54) is 6.07 Å². The molecule has 0 aromatic heterocycles. The molecule has 0 saturated carbocycles. The van der Waals surface area contributed by atoms with E-state index >= 15 is 0 Å². The highest BCUT2D eigenvalue weighted by Crippen LogP contribution is 2.22. The second kappa shape index (κ2) is 5.89. The van der Waals surface area contributed by atoms with Crippen LogP contribution in [0.5, 0.6) is 0 Å². The van der Waals surface area contributed by atoms with E-state index in [2.05, 4.69) is 9.46 Å². The maximum Gasteiger partial charge on any atom is 0.404 e. The summed E-state index contributed by atoms with van der Waals surface area (Å²) in [4.78, 5) is 10.3. The molecule has 0 bridgehead atoms. The van der Waals surface area contributed by atoms with Crippen LogP contribution in [0.15, 0.2) is 17.0 Å². The monoisotopic (exact) mass is 287 g/mol. The lowest BCUT2D eigenvalue weighted by molar-refractivity contribution is 0.159. The van der Waals surface area contributed by atoms with Gasteiger partial charge >= 0.3 is 6.09 Å². The van der Waals surface area contributed by atoms with Gasteiger partial charge in [-0.15, -0.1) is 0 Å². The number of anilines is 1. The van der Waals surface area contributed by atoms with Crippen molar-refractivity contribution in [2.75, 3.05) is 18.9 Å². The van der Waals surface area contributed by atoms with Crippen molar-refractivity contribution in [3.8, 4) is 0 Å². The molecule has 1 aromatic rings. The zero-order chi connectivity index (χ0) is 14.6. The molecule has 1 aromatic carbocycles. The first-order valence-electron chi connectivity index (χ1n) is 5.52. The van der Waals surface area contributed by atoms with E-state index in [1.54, 1.807) is 13.0 Å². The van der Waals surface area contributed by atoms with Crippen molar-refractivity contribution < 1.29 is 17.9 Å². The van der Waals surface area contributed by atoms with Crippen LogP contribution in [0.2, 0.25) is 0 Å². The van der Waals surface area contributed by atoms with Gasteiger partial charge in [0, 0.05) is 6.54 Å². The zero-order valence-electron chi connectivity index (χ0n) is 10.8. The minimum atomic E-state index is -3.74. The first-order valence-corrected chi connectivity index (χ1v) is 7.01. The second-order valence-electron chi connectivity index (χ2n) is 4.04. The third-order valence-corrected chi connectivity index (χ3v) is 4.07. The van der Waals surface area contributed by atoms with Crippen molar-refractivity contribution in [1.82, 2.24) is 4.72 Å². The van der Waals surface area contributed by atoms with Gasteiger partial charge in [-0.3, -0.25) is 0 Å². The SMILES string of the molecule is Cc1cc(N)c(S(=O)(=O)NCCOC(N)=O)cc1C. The largest absolute Gasteiger partial charge is 0.448 e. The van der Waals surface area contributed by atoms with Gasteiger partial charge in [0.1, 0.15) is 11.5 Å². The van der Waals surface area contributed by atoms with Crippen LogP contribution in [0, 0.1) is 13.8 Å². The molecule has 0 saturated heterocycles. The minimum Gasteiger partial charge on any atom is -0.448 e. The van der Waals surface area contributed by atoms with Crippen molar-refractivity contribution in [3.63, 3.8) is 0 Å². The normalized spacial score (nSPS) is 11.3. The fourth-order valence-corrected chi connectivity index (χ4v) is 2.66. The Labute approximate surface area is 112 Å². The van der Waals surface area contributed by atoms with Gasteiger partial charge < -0.3 is 16.2 Å². The number of nitrogens with one attached hydrogen (secondary N) is 1. The summed E-state index contributed by atoms with van der Waals surface area (Å²) in [5.41, 5.74) is 12.4. The predicted molar refractivity (Wildman–Crippen MR) is 71.1 cm³/mol. The quantitative estimate of drug-likeness (QED) is 0.529. The third kappa shape index (κ3) is 4.11. The molecular formula is C11H17N3O4S. The maximum absolute atomic E-state index is 12.0. The number of ether oxygens (including phenoxy) is 1. The topological polar surface area (TPSA) is 125 Å². The average Bonchev–Trinajstić information content (AvgIpc) is 2.29. The Hall–Kier alpha value is -1.80. The van der Waals surface area contributed by atoms with Crippen molar-refractivity contribution in [2.24, 2.45) is 5.73 Å². The number of amides is 1. The van der Waals surface area contributed by atoms with Crippen LogP contribution >= 0.6 is 0 Å². The van der Waals surface area contributed by atoms with Gasteiger partial charge in [0.15, 0.2) is 0 Å². The highest BCUT2D eigenvalue weighted by atomic mass is 32.2. The first kappa shape index (κ1) is 15.3. The summed E-state index contributed by atoms with van der Waals surface area (Å²) in [7, 11) is -3.74. The second-order valence-corrected chi connectivity index (χ2v) is 5.77. The number of aryl methyl sites for hydroxylation is 2. The molecule has 0 aliphatic carbocycles. The number of hydrogen-bond acceptors (Lipinski definition) is 5. The molecule has 106 valence electrons. The molecule has 0 fully saturated rings. The van der Waals surface area contributed by atoms with E-state index < -0.39 is 16.1 Å². The highest BCUT2D eigenvalue weighted by Gasteiger charge is 2.18. The molecule has 0 unspecified atom stereocenters. The van der Waals surface area contributed by atoms with Crippen LogP contribution in [0.3, 0.4) is 0 Å². The third-order valence-electron chi connectivity index (χ3n) is 2.55. The Morgan fingerprint density at radius 1 is 1.32 bits per heavy atom. The van der Waals surface area contributed by atoms with Crippen LogP contribution in [-0.2, 0) is 14.8 Å². The molecule has 1 rings (SSSR count). The van der Waals surface area contributed by atoms with Crippen LogP contribution in [0.1, 0.15) is 11.1 Å². The van der Waals surface area contributed by atoms with E-state index in [-0.39, 0.29) is 23.7 Å². The Morgan fingerprint density at radius 2 is 1.89 bits per heavy atom. The summed E-state index contributed by atoms with van der Waals surface area (Å²) >= 11 is 0. The average molecular weight is 287 g/mol. The number of carbonyl (C=O) groups is 1. The maximum atomic E-state index is 12.0. The summed E-state index contributed by atoms with van der Waals surface area (Å²) in [5.74, 6) is 0. The number of hydrogen-bond donors (Lipinski definition) is 3. The lowest BCUT2D eigenvalue weighted by Crippen LogP contribution is -2.29. The van der Waals surface area contributed by atoms with Gasteiger partial charge in [-0.05, 0) is 37.1 Å². The number of rotatable bonds is 5. The highest BCUT2D eigenvalue weighted by molar-refractivity contribution is 7.89. The van der Waals surface area contributed by atoms with Crippen molar-refractivity contribution in [1.29, 1.82) is 0 Å². The fraction of sp³-hybridized carbons (Fsp3) is 0.364. The molecule has 8 heteroatoms. The summed E-state index contributed by atoms with van der Waals surface area (Å²) in [6.07, 6.45) is -0.954. The van der Waals surface area contributed by atoms with E-state index in [9.17, 15) is 13.2 Å². The van der Waals surface area contributed by atoms with E-state index in [1.807, 2.05) is 6.92 Å². The van der Waals surface area contributed by atoms with Crippen molar-refractivity contribution >= 4 is 21.8 Å². The summed E-state index contributed by atoms with van der Waals surface area (Å²) in [6.45, 7) is 3.43. The summed E-state index contributed by atoms with van der Waals surface area (Å²) in [6, 6.07) is 3.10. The Bertz CT molecular complexity index is 584. The molecule has 1 amide bonds. The molecule has 19 heavy (non-hydrogen) atoms. The number of primary amides is 1. The minimum absolute atomic E-state index is 0.00896. The van der Waals surface area contributed by atoms with E-state index in [0.29, 0.717) is 0 Å². The molecule has 0 aliphatic heterocycles. The lowest BCUT2D eigenvalue weighted by Gasteiger charge is -2.11. The van der Waals surface area contributed by atoms with Gasteiger partial charge in [-0.25, -0.2) is 17.9 Å². The van der Waals surface area contributed by atoms with Crippen molar-refractivity contribution in [3.05, 3.63) is 23.3 Å². The Kier molecular flexibility index (Phi) is 4.73. The standard InChI is InChI=1S/C11H17N3O4S/c1-7-5-9(12)10(6-8(7)2)19(16,17)14-3-4-18-11(13)15/h5-6,14H,3-4,12H2,1-2H3,(H2,13,15). The number of nitrogens with two attached hydrogens (primary N) is 2. The number of carbonyl (C=O) groups excluding carboxylic acids is 1. The summed E-state index contributed by atoms with van der Waals surface area (Å²) < 4.78 is 30.7. The number of nitrogen functional groups attached to an aromatic ring is 1. The lowest BCUT2D eigenvalue weighted by atomic mass is 10.1.